The van der Waals surface area contributed by atoms with Crippen LogP contribution >= 0.6 is 22.0 Å². The van der Waals surface area contributed by atoms with Crippen LogP contribution < -0.4 is 0 Å². The van der Waals surface area contributed by atoms with Crippen molar-refractivity contribution >= 4 is 22.0 Å². The summed E-state index contributed by atoms with van der Waals surface area (Å²) >= 11 is -2.22. The Labute approximate surface area is 81.4 Å². The SMILES string of the molecule is [CH2]C1C=CC=C1.[Cl][Y]([Cl])[Cl]. The summed E-state index contributed by atoms with van der Waals surface area (Å²) in [6.45, 7) is 3.76. The summed E-state index contributed by atoms with van der Waals surface area (Å²) in [6, 6.07) is 0. The third kappa shape index (κ3) is 9.45. The van der Waals surface area contributed by atoms with Crippen LogP contribution in [0.15, 0.2) is 24.3 Å². The van der Waals surface area contributed by atoms with E-state index in [1.165, 1.54) is 0 Å². The van der Waals surface area contributed by atoms with E-state index in [1.54, 1.807) is 0 Å². The number of halogens is 3. The monoisotopic (exact) mass is 273 g/mol. The molecule has 0 N–H and O–H groups in total. The molecule has 0 aromatic heterocycles. The summed E-state index contributed by atoms with van der Waals surface area (Å²) in [5.41, 5.74) is 0. The number of hydrogen-bond acceptors (Lipinski definition) is 0. The van der Waals surface area contributed by atoms with Crippen LogP contribution in [-0.4, -0.2) is 0 Å². The van der Waals surface area contributed by atoms with E-state index >= 15 is 0 Å². The van der Waals surface area contributed by atoms with Gasteiger partial charge in [-0.1, -0.05) is 24.3 Å². The zero-order valence-corrected chi connectivity index (χ0v) is 10.4. The molecule has 55 valence electrons. The van der Waals surface area contributed by atoms with E-state index in [1.807, 2.05) is 12.2 Å². The average molecular weight is 274 g/mol. The number of hydrogen-bond donors (Lipinski definition) is 0. The van der Waals surface area contributed by atoms with Crippen LogP contribution in [0.3, 0.4) is 0 Å². The normalized spacial score (nSPS) is 14.8. The quantitative estimate of drug-likeness (QED) is 0.633. The van der Waals surface area contributed by atoms with E-state index in [0.717, 1.165) is 0 Å². The summed E-state index contributed by atoms with van der Waals surface area (Å²) in [7, 11) is 15.0. The van der Waals surface area contributed by atoms with Gasteiger partial charge < -0.3 is 0 Å². The van der Waals surface area contributed by atoms with Crippen molar-refractivity contribution in [1.82, 2.24) is 0 Å². The van der Waals surface area contributed by atoms with Crippen LogP contribution in [0.4, 0.5) is 0 Å². The van der Waals surface area contributed by atoms with Crippen molar-refractivity contribution < 1.29 is 23.3 Å². The third-order valence-electron chi connectivity index (χ3n) is 0.828. The van der Waals surface area contributed by atoms with Gasteiger partial charge in [0.2, 0.25) is 0 Å². The molecule has 0 saturated heterocycles. The first-order chi connectivity index (χ1) is 4.63. The molecule has 1 aliphatic carbocycles. The van der Waals surface area contributed by atoms with E-state index in [0.29, 0.717) is 5.92 Å². The molecule has 0 unspecified atom stereocenters. The molecule has 0 heterocycles. The first-order valence-electron chi connectivity index (χ1n) is 2.73. The van der Waals surface area contributed by atoms with Gasteiger partial charge in [-0.15, -0.1) is 0 Å². The maximum absolute atomic E-state index is 5.02. The molecular weight excluding hydrogens is 267 g/mol. The van der Waals surface area contributed by atoms with Gasteiger partial charge in [0.05, 0.1) is 0 Å². The van der Waals surface area contributed by atoms with Crippen molar-refractivity contribution in [2.45, 2.75) is 0 Å². The van der Waals surface area contributed by atoms with Crippen LogP contribution in [0, 0.1) is 12.8 Å². The molecule has 0 saturated carbocycles. The summed E-state index contributed by atoms with van der Waals surface area (Å²) < 4.78 is 0. The molecule has 0 fully saturated rings. The minimum atomic E-state index is -2.22. The van der Waals surface area contributed by atoms with Crippen molar-refractivity contribution in [2.75, 3.05) is 0 Å². The van der Waals surface area contributed by atoms with Crippen molar-refractivity contribution in [3.8, 4) is 0 Å². The molecule has 0 nitrogen and oxygen atoms in total. The second-order valence-electron chi connectivity index (χ2n) is 1.68. The minimum absolute atomic E-state index is 0.435. The number of allylic oxidation sites excluding steroid dienone is 4. The van der Waals surface area contributed by atoms with Crippen molar-refractivity contribution in [3.05, 3.63) is 31.2 Å². The van der Waals surface area contributed by atoms with Crippen LogP contribution in [0.5, 0.6) is 0 Å². The fraction of sp³-hybridized carbons (Fsp3) is 0.167. The van der Waals surface area contributed by atoms with Crippen LogP contribution in [0.1, 0.15) is 0 Å². The van der Waals surface area contributed by atoms with Gasteiger partial charge in [0.1, 0.15) is 0 Å². The molecule has 1 aliphatic rings. The van der Waals surface area contributed by atoms with Crippen LogP contribution in [-0.2, 0) is 23.3 Å². The van der Waals surface area contributed by atoms with Gasteiger partial charge in [0.25, 0.3) is 0 Å². The van der Waals surface area contributed by atoms with E-state index in [2.05, 4.69) is 19.1 Å². The van der Waals surface area contributed by atoms with E-state index in [4.69, 9.17) is 22.0 Å². The Hall–Kier alpha value is 1.45. The third-order valence-corrected chi connectivity index (χ3v) is 0.828. The average Bonchev–Trinajstić information content (AvgIpc) is 2.15. The fourth-order valence-electron chi connectivity index (χ4n) is 0.478. The Balaban J connectivity index is 0.000000180. The second-order valence-corrected chi connectivity index (χ2v) is 14.6. The zero-order chi connectivity index (χ0) is 7.98. The standard InChI is InChI=1S/C6H7.3ClH.Y/c1-6-4-2-3-5-6;;;;/h2-6H,1H2;3*1H;/q;;;;+3/p-3. The van der Waals surface area contributed by atoms with Crippen molar-refractivity contribution in [1.29, 1.82) is 0 Å². The predicted octanol–water partition coefficient (Wildman–Crippen LogP) is 3.63. The van der Waals surface area contributed by atoms with E-state index in [9.17, 15) is 0 Å². The molecule has 0 bridgehead atoms. The molecule has 1 radical (unpaired) electrons. The van der Waals surface area contributed by atoms with Gasteiger partial charge in [-0.3, -0.25) is 0 Å². The Kier molecular flexibility index (Phi) is 8.16. The Morgan fingerprint density at radius 3 is 1.50 bits per heavy atom. The van der Waals surface area contributed by atoms with Gasteiger partial charge in [0.15, 0.2) is 0 Å². The molecule has 0 amide bonds. The molecule has 1 rings (SSSR count). The summed E-state index contributed by atoms with van der Waals surface area (Å²) in [4.78, 5) is 0. The Morgan fingerprint density at radius 2 is 1.40 bits per heavy atom. The summed E-state index contributed by atoms with van der Waals surface area (Å²) in [6.07, 6.45) is 8.13. The molecule has 0 aromatic rings. The number of rotatable bonds is 0. The van der Waals surface area contributed by atoms with Gasteiger partial charge >= 0.3 is 45.3 Å². The van der Waals surface area contributed by atoms with Crippen molar-refractivity contribution in [2.24, 2.45) is 5.92 Å². The first kappa shape index (κ1) is 11.5. The molecule has 0 atom stereocenters. The van der Waals surface area contributed by atoms with Crippen LogP contribution in [0.2, 0.25) is 0 Å². The van der Waals surface area contributed by atoms with Gasteiger partial charge in [-0.25, -0.2) is 0 Å². The maximum atomic E-state index is 5.02. The fourth-order valence-corrected chi connectivity index (χ4v) is 0.478. The molecular formula is C6H7Cl3Y. The van der Waals surface area contributed by atoms with Gasteiger partial charge in [0, 0.05) is 0 Å². The molecule has 0 spiro atoms. The molecule has 0 aromatic carbocycles. The van der Waals surface area contributed by atoms with Gasteiger partial charge in [-0.2, -0.15) is 0 Å². The molecule has 10 heavy (non-hydrogen) atoms. The Bertz CT molecular complexity index is 116. The van der Waals surface area contributed by atoms with Crippen LogP contribution in [0.25, 0.3) is 0 Å². The zero-order valence-electron chi connectivity index (χ0n) is 5.31. The molecule has 0 aliphatic heterocycles. The topological polar surface area (TPSA) is 0 Å². The Morgan fingerprint density at radius 1 is 1.10 bits per heavy atom. The first-order valence-corrected chi connectivity index (χ1v) is 13.7. The van der Waals surface area contributed by atoms with Gasteiger partial charge in [-0.05, 0) is 12.8 Å². The van der Waals surface area contributed by atoms with Crippen molar-refractivity contribution in [3.63, 3.8) is 0 Å². The predicted molar refractivity (Wildman–Crippen MR) is 44.7 cm³/mol. The van der Waals surface area contributed by atoms with E-state index in [-0.39, 0.29) is 0 Å². The summed E-state index contributed by atoms with van der Waals surface area (Å²) in [5.74, 6) is 0.435. The molecule has 4 heteroatoms. The summed E-state index contributed by atoms with van der Waals surface area (Å²) in [5, 5.41) is 0. The second kappa shape index (κ2) is 7.12. The van der Waals surface area contributed by atoms with E-state index < -0.39 is 23.3 Å².